The van der Waals surface area contributed by atoms with Gasteiger partial charge in [0.2, 0.25) is 5.91 Å². The van der Waals surface area contributed by atoms with E-state index in [0.717, 1.165) is 11.3 Å². The van der Waals surface area contributed by atoms with Crippen molar-refractivity contribution in [3.63, 3.8) is 0 Å². The summed E-state index contributed by atoms with van der Waals surface area (Å²) in [4.78, 5) is 30.8. The van der Waals surface area contributed by atoms with E-state index in [0.29, 0.717) is 15.8 Å². The summed E-state index contributed by atoms with van der Waals surface area (Å²) in [5, 5.41) is 34.1. The van der Waals surface area contributed by atoms with E-state index in [1.54, 1.807) is 6.92 Å². The third-order valence-corrected chi connectivity index (χ3v) is 7.76. The molecule has 4 N–H and O–H groups in total. The number of hydrogen-bond donors (Lipinski definition) is 4. The average molecular weight is 424 g/mol. The number of nitrogens with zero attached hydrogens (tertiary/aromatic N) is 2. The lowest BCUT2D eigenvalue weighted by Crippen LogP contribution is -2.63. The van der Waals surface area contributed by atoms with E-state index < -0.39 is 18.0 Å². The molecular formula is C18H21N3O5S2. The van der Waals surface area contributed by atoms with Crippen LogP contribution in [0.1, 0.15) is 19.5 Å². The van der Waals surface area contributed by atoms with Crippen molar-refractivity contribution in [2.75, 3.05) is 13.2 Å². The summed E-state index contributed by atoms with van der Waals surface area (Å²) in [6.07, 6.45) is 1.17. The zero-order valence-corrected chi connectivity index (χ0v) is 17.0. The van der Waals surface area contributed by atoms with Crippen LogP contribution in [0.5, 0.6) is 0 Å². The maximum absolute atomic E-state index is 12.4. The largest absolute Gasteiger partial charge is 0.477 e. The van der Waals surface area contributed by atoms with Gasteiger partial charge in [0.1, 0.15) is 5.70 Å². The van der Waals surface area contributed by atoms with Crippen LogP contribution in [0.2, 0.25) is 0 Å². The number of carbonyl (C=O) groups is 2. The SMILES string of the molecule is CC(O)C1C(=O)N2C(C(=O)O)=C(Sc3nc(C4=CCNC4CO)cs3)C(C)C12. The first-order chi connectivity index (χ1) is 13.3. The first kappa shape index (κ1) is 19.6. The molecule has 4 rings (SSSR count). The molecule has 3 aliphatic heterocycles. The van der Waals surface area contributed by atoms with E-state index in [4.69, 9.17) is 0 Å². The zero-order chi connectivity index (χ0) is 20.2. The number of aliphatic hydroxyl groups is 2. The number of β-lactam (4-membered cyclic amide) rings is 1. The molecule has 1 fully saturated rings. The van der Waals surface area contributed by atoms with Gasteiger partial charge in [-0.2, -0.15) is 0 Å². The van der Waals surface area contributed by atoms with Crippen LogP contribution in [0, 0.1) is 11.8 Å². The Balaban J connectivity index is 1.61. The van der Waals surface area contributed by atoms with Gasteiger partial charge in [-0.3, -0.25) is 4.79 Å². The number of hydrogen-bond acceptors (Lipinski definition) is 8. The second-order valence-corrected chi connectivity index (χ2v) is 9.32. The van der Waals surface area contributed by atoms with E-state index in [2.05, 4.69) is 10.3 Å². The number of fused-ring (bicyclic) bond motifs is 1. The van der Waals surface area contributed by atoms with E-state index in [9.17, 15) is 24.9 Å². The molecule has 1 aromatic rings. The third-order valence-electron chi connectivity index (χ3n) is 5.53. The van der Waals surface area contributed by atoms with Gasteiger partial charge >= 0.3 is 5.97 Å². The zero-order valence-electron chi connectivity index (χ0n) is 15.3. The minimum Gasteiger partial charge on any atom is -0.477 e. The summed E-state index contributed by atoms with van der Waals surface area (Å²) >= 11 is 2.67. The third kappa shape index (κ3) is 2.91. The Labute approximate surface area is 170 Å². The number of carbonyl (C=O) groups excluding carboxylic acids is 1. The van der Waals surface area contributed by atoms with Crippen molar-refractivity contribution in [2.45, 2.75) is 36.4 Å². The Morgan fingerprint density at radius 3 is 2.93 bits per heavy atom. The van der Waals surface area contributed by atoms with E-state index in [1.807, 2.05) is 18.4 Å². The Bertz CT molecular complexity index is 894. The number of thioether (sulfide) groups is 1. The van der Waals surface area contributed by atoms with Gasteiger partial charge in [0, 0.05) is 22.7 Å². The van der Waals surface area contributed by atoms with Crippen LogP contribution in [0.15, 0.2) is 26.4 Å². The number of aromatic nitrogens is 1. The van der Waals surface area contributed by atoms with Crippen molar-refractivity contribution in [1.82, 2.24) is 15.2 Å². The maximum atomic E-state index is 12.4. The van der Waals surface area contributed by atoms with Crippen molar-refractivity contribution < 1.29 is 24.9 Å². The standard InChI is InChI=1S/C18H21N3O5S2/c1-7-13-12(8(2)23)16(24)21(13)14(17(25)26)15(7)28-18-20-11(6-27-18)9-3-4-19-10(9)5-22/h3,6-8,10,12-13,19,22-23H,4-5H2,1-2H3,(H,25,26). The van der Waals surface area contributed by atoms with E-state index in [-0.39, 0.29) is 36.2 Å². The van der Waals surface area contributed by atoms with Gasteiger partial charge in [-0.1, -0.05) is 24.8 Å². The molecule has 0 aromatic carbocycles. The Hall–Kier alpha value is -1.72. The molecule has 3 aliphatic rings. The monoisotopic (exact) mass is 423 g/mol. The first-order valence-electron chi connectivity index (χ1n) is 9.01. The molecule has 5 atom stereocenters. The molecule has 0 saturated carbocycles. The van der Waals surface area contributed by atoms with Crippen molar-refractivity contribution in [3.8, 4) is 0 Å². The molecule has 1 aromatic heterocycles. The van der Waals surface area contributed by atoms with Gasteiger partial charge < -0.3 is 25.5 Å². The molecule has 1 amide bonds. The van der Waals surface area contributed by atoms with Crippen LogP contribution in [-0.4, -0.2) is 68.4 Å². The topological polar surface area (TPSA) is 123 Å². The lowest BCUT2D eigenvalue weighted by molar-refractivity contribution is -0.163. The number of carboxylic acids is 1. The number of aliphatic carboxylic acids is 1. The molecule has 150 valence electrons. The second kappa shape index (κ2) is 7.27. The lowest BCUT2D eigenvalue weighted by atomic mass is 9.79. The Morgan fingerprint density at radius 2 is 2.29 bits per heavy atom. The van der Waals surface area contributed by atoms with Gasteiger partial charge in [0.15, 0.2) is 4.34 Å². The fraction of sp³-hybridized carbons (Fsp3) is 0.500. The number of rotatable bonds is 6. The summed E-state index contributed by atoms with van der Waals surface area (Å²) in [5.41, 5.74) is 1.70. The van der Waals surface area contributed by atoms with Crippen LogP contribution in [0.3, 0.4) is 0 Å². The van der Waals surface area contributed by atoms with Gasteiger partial charge in [-0.25, -0.2) is 9.78 Å². The summed E-state index contributed by atoms with van der Waals surface area (Å²) < 4.78 is 0.684. The lowest BCUT2D eigenvalue weighted by Gasteiger charge is -2.46. The van der Waals surface area contributed by atoms with Crippen molar-refractivity contribution in [2.24, 2.45) is 11.8 Å². The quantitative estimate of drug-likeness (QED) is 0.494. The molecule has 28 heavy (non-hydrogen) atoms. The van der Waals surface area contributed by atoms with Crippen molar-refractivity contribution >= 4 is 40.5 Å². The first-order valence-corrected chi connectivity index (χ1v) is 10.7. The molecule has 0 radical (unpaired) electrons. The fourth-order valence-electron chi connectivity index (χ4n) is 4.20. The van der Waals surface area contributed by atoms with E-state index >= 15 is 0 Å². The van der Waals surface area contributed by atoms with Crippen LogP contribution < -0.4 is 5.32 Å². The van der Waals surface area contributed by atoms with Gasteiger partial charge in [0.25, 0.3) is 0 Å². The second-order valence-electron chi connectivity index (χ2n) is 7.18. The molecule has 0 spiro atoms. The number of amides is 1. The predicted molar refractivity (Wildman–Crippen MR) is 104 cm³/mol. The molecule has 4 heterocycles. The predicted octanol–water partition coefficient (Wildman–Crippen LogP) is 0.736. The minimum atomic E-state index is -1.14. The normalized spacial score (nSPS) is 30.4. The molecule has 0 bridgehead atoms. The van der Waals surface area contributed by atoms with Crippen molar-refractivity contribution in [3.05, 3.63) is 27.8 Å². The summed E-state index contributed by atoms with van der Waals surface area (Å²) in [7, 11) is 0. The van der Waals surface area contributed by atoms with E-state index in [1.165, 1.54) is 28.0 Å². The van der Waals surface area contributed by atoms with Crippen LogP contribution in [0.4, 0.5) is 0 Å². The fourth-order valence-corrected chi connectivity index (χ4v) is 6.30. The molecule has 5 unspecified atom stereocenters. The highest BCUT2D eigenvalue weighted by atomic mass is 32.2. The minimum absolute atomic E-state index is 0.00358. The molecule has 8 nitrogen and oxygen atoms in total. The van der Waals surface area contributed by atoms with Crippen molar-refractivity contribution in [1.29, 1.82) is 0 Å². The molecular weight excluding hydrogens is 402 g/mol. The number of nitrogens with one attached hydrogen (secondary N) is 1. The van der Waals surface area contributed by atoms with Crippen LogP contribution in [0.25, 0.3) is 5.57 Å². The number of thiazole rings is 1. The van der Waals surface area contributed by atoms with Gasteiger partial charge in [-0.05, 0) is 12.5 Å². The highest BCUT2D eigenvalue weighted by Crippen LogP contribution is 2.52. The Morgan fingerprint density at radius 1 is 1.54 bits per heavy atom. The summed E-state index contributed by atoms with van der Waals surface area (Å²) in [6, 6.07) is -0.480. The maximum Gasteiger partial charge on any atom is 0.353 e. The number of carboxylic acid groups (broad SMARTS) is 1. The van der Waals surface area contributed by atoms with Crippen LogP contribution >= 0.6 is 23.1 Å². The van der Waals surface area contributed by atoms with Crippen LogP contribution in [-0.2, 0) is 9.59 Å². The number of aliphatic hydroxyl groups excluding tert-OH is 2. The molecule has 0 aliphatic carbocycles. The van der Waals surface area contributed by atoms with Gasteiger partial charge in [0.05, 0.1) is 36.4 Å². The average Bonchev–Trinajstić information content (AvgIpc) is 3.33. The molecule has 10 heteroatoms. The smallest absolute Gasteiger partial charge is 0.353 e. The summed E-state index contributed by atoms with van der Waals surface area (Å²) in [5.74, 6) is -2.26. The summed E-state index contributed by atoms with van der Waals surface area (Å²) in [6.45, 7) is 4.10. The Kier molecular flexibility index (Phi) is 5.09. The van der Waals surface area contributed by atoms with Gasteiger partial charge in [-0.15, -0.1) is 11.3 Å². The molecule has 1 saturated heterocycles. The highest BCUT2D eigenvalue weighted by Gasteiger charge is 2.60. The highest BCUT2D eigenvalue weighted by molar-refractivity contribution is 8.04.